The lowest BCUT2D eigenvalue weighted by Gasteiger charge is -2.15. The number of hydrogen-bond donors (Lipinski definition) is 1. The van der Waals surface area contributed by atoms with Crippen molar-refractivity contribution >= 4 is 11.9 Å². The number of likely N-dealkylation sites (N-methyl/N-ethyl adjacent to an activating group) is 1. The lowest BCUT2D eigenvalue weighted by atomic mass is 10.4. The molecule has 0 aromatic heterocycles. The maximum atomic E-state index is 11.0. The fraction of sp³-hybridized carbons (Fsp3) is 0.800. The van der Waals surface area contributed by atoms with E-state index in [1.165, 1.54) is 6.92 Å². The normalized spacial score (nSPS) is 10.1. The predicted molar refractivity (Wildman–Crippen MR) is 57.4 cm³/mol. The van der Waals surface area contributed by atoms with Crippen LogP contribution in [0, 0.1) is 0 Å². The molecule has 0 saturated heterocycles. The fourth-order valence-electron chi connectivity index (χ4n) is 1.05. The third-order valence-corrected chi connectivity index (χ3v) is 1.87. The summed E-state index contributed by atoms with van der Waals surface area (Å²) in [5.41, 5.74) is 0. The first-order valence-electron chi connectivity index (χ1n) is 5.14. The van der Waals surface area contributed by atoms with E-state index < -0.39 is 0 Å². The van der Waals surface area contributed by atoms with Crippen molar-refractivity contribution in [1.29, 1.82) is 0 Å². The van der Waals surface area contributed by atoms with E-state index in [1.807, 2.05) is 11.9 Å². The molecule has 0 spiro atoms. The molecule has 0 unspecified atom stereocenters. The molecule has 0 fully saturated rings. The van der Waals surface area contributed by atoms with Crippen LogP contribution in [0.25, 0.3) is 0 Å². The van der Waals surface area contributed by atoms with Crippen LogP contribution < -0.4 is 5.32 Å². The van der Waals surface area contributed by atoms with Crippen LogP contribution in [0.4, 0.5) is 0 Å². The lowest BCUT2D eigenvalue weighted by molar-refractivity contribution is -0.143. The molecule has 0 radical (unpaired) electrons. The van der Waals surface area contributed by atoms with Crippen LogP contribution in [0.1, 0.15) is 20.3 Å². The Kier molecular flexibility index (Phi) is 7.62. The second-order valence-electron chi connectivity index (χ2n) is 3.34. The summed E-state index contributed by atoms with van der Waals surface area (Å²) >= 11 is 0. The smallest absolute Gasteiger partial charge is 0.307 e. The molecular formula is C10H20N2O3. The summed E-state index contributed by atoms with van der Waals surface area (Å²) in [6.07, 6.45) is 0.393. The molecule has 88 valence electrons. The van der Waals surface area contributed by atoms with Gasteiger partial charge < -0.3 is 15.0 Å². The van der Waals surface area contributed by atoms with Gasteiger partial charge in [-0.1, -0.05) is 0 Å². The average Bonchev–Trinajstić information content (AvgIpc) is 2.14. The van der Waals surface area contributed by atoms with Gasteiger partial charge in [0.05, 0.1) is 13.0 Å². The lowest BCUT2D eigenvalue weighted by Crippen LogP contribution is -2.32. The number of nitrogens with zero attached hydrogens (tertiary/aromatic N) is 1. The van der Waals surface area contributed by atoms with Gasteiger partial charge >= 0.3 is 5.97 Å². The number of rotatable bonds is 7. The van der Waals surface area contributed by atoms with Crippen molar-refractivity contribution < 1.29 is 14.3 Å². The van der Waals surface area contributed by atoms with Gasteiger partial charge in [-0.3, -0.25) is 9.59 Å². The first kappa shape index (κ1) is 13.9. The second-order valence-corrected chi connectivity index (χ2v) is 3.34. The number of carbonyl (C=O) groups is 2. The van der Waals surface area contributed by atoms with E-state index in [1.54, 1.807) is 6.92 Å². The van der Waals surface area contributed by atoms with Crippen molar-refractivity contribution in [3.63, 3.8) is 0 Å². The van der Waals surface area contributed by atoms with Gasteiger partial charge in [0.2, 0.25) is 5.91 Å². The third kappa shape index (κ3) is 9.21. The molecule has 1 amide bonds. The number of amides is 1. The fourth-order valence-corrected chi connectivity index (χ4v) is 1.05. The first-order valence-corrected chi connectivity index (χ1v) is 5.14. The molecule has 1 N–H and O–H groups in total. The van der Waals surface area contributed by atoms with Crippen LogP contribution in [0.5, 0.6) is 0 Å². The largest absolute Gasteiger partial charge is 0.466 e. The van der Waals surface area contributed by atoms with E-state index in [0.29, 0.717) is 26.1 Å². The molecule has 0 saturated carbocycles. The van der Waals surface area contributed by atoms with Gasteiger partial charge in [-0.15, -0.1) is 0 Å². The highest BCUT2D eigenvalue weighted by atomic mass is 16.5. The van der Waals surface area contributed by atoms with Gasteiger partial charge in [-0.05, 0) is 14.0 Å². The zero-order valence-electron chi connectivity index (χ0n) is 9.71. The minimum atomic E-state index is -0.177. The third-order valence-electron chi connectivity index (χ3n) is 1.87. The Bertz CT molecular complexity index is 207. The maximum absolute atomic E-state index is 11.0. The second kappa shape index (κ2) is 8.23. The highest BCUT2D eigenvalue weighted by Gasteiger charge is 2.04. The van der Waals surface area contributed by atoms with E-state index in [9.17, 15) is 9.59 Å². The quantitative estimate of drug-likeness (QED) is 0.609. The van der Waals surface area contributed by atoms with Crippen LogP contribution in [0.3, 0.4) is 0 Å². The molecule has 0 bridgehead atoms. The summed E-state index contributed by atoms with van der Waals surface area (Å²) in [7, 11) is 1.90. The summed E-state index contributed by atoms with van der Waals surface area (Å²) in [6, 6.07) is 0. The van der Waals surface area contributed by atoms with E-state index in [-0.39, 0.29) is 11.9 Å². The molecule has 15 heavy (non-hydrogen) atoms. The molecule has 0 rings (SSSR count). The van der Waals surface area contributed by atoms with Crippen LogP contribution in [0.2, 0.25) is 0 Å². The van der Waals surface area contributed by atoms with Gasteiger partial charge in [-0.25, -0.2) is 0 Å². The number of nitrogens with one attached hydrogen (secondary N) is 1. The molecule has 0 aliphatic rings. The Hall–Kier alpha value is -1.10. The molecule has 0 aromatic carbocycles. The minimum absolute atomic E-state index is 0.0335. The molecule has 0 atom stereocenters. The average molecular weight is 216 g/mol. The topological polar surface area (TPSA) is 58.6 Å². The predicted octanol–water partition coefficient (Wildman–Crippen LogP) is 0.00750. The van der Waals surface area contributed by atoms with Crippen LogP contribution in [0.15, 0.2) is 0 Å². The Morgan fingerprint density at radius 3 is 2.53 bits per heavy atom. The van der Waals surface area contributed by atoms with Gasteiger partial charge in [-0.2, -0.15) is 0 Å². The first-order chi connectivity index (χ1) is 7.06. The number of ether oxygens (including phenoxy) is 1. The van der Waals surface area contributed by atoms with Crippen LogP contribution in [-0.4, -0.2) is 50.1 Å². The molecule has 0 aliphatic carbocycles. The standard InChI is InChI=1S/C10H20N2O3/c1-4-15-10(14)5-7-12(3)8-6-11-9(2)13/h4-8H2,1-3H3,(H,11,13). The van der Waals surface area contributed by atoms with Crippen molar-refractivity contribution in [2.45, 2.75) is 20.3 Å². The number of esters is 1. The summed E-state index contributed by atoms with van der Waals surface area (Å²) in [6.45, 7) is 5.69. The highest BCUT2D eigenvalue weighted by Crippen LogP contribution is 1.90. The van der Waals surface area contributed by atoms with Crippen LogP contribution in [-0.2, 0) is 14.3 Å². The zero-order valence-corrected chi connectivity index (χ0v) is 9.71. The Morgan fingerprint density at radius 2 is 2.00 bits per heavy atom. The van der Waals surface area contributed by atoms with Gasteiger partial charge in [0.25, 0.3) is 0 Å². The monoisotopic (exact) mass is 216 g/mol. The van der Waals surface area contributed by atoms with Crippen LogP contribution >= 0.6 is 0 Å². The minimum Gasteiger partial charge on any atom is -0.466 e. The molecule has 5 nitrogen and oxygen atoms in total. The summed E-state index contributed by atoms with van der Waals surface area (Å²) in [5.74, 6) is -0.210. The number of hydrogen-bond acceptors (Lipinski definition) is 4. The molecular weight excluding hydrogens is 196 g/mol. The van der Waals surface area contributed by atoms with Gasteiger partial charge in [0.15, 0.2) is 0 Å². The van der Waals surface area contributed by atoms with E-state index >= 15 is 0 Å². The summed E-state index contributed by atoms with van der Waals surface area (Å²) < 4.78 is 4.80. The zero-order chi connectivity index (χ0) is 11.7. The van der Waals surface area contributed by atoms with Crippen molar-refractivity contribution in [2.75, 3.05) is 33.3 Å². The van der Waals surface area contributed by atoms with Crippen molar-refractivity contribution in [2.24, 2.45) is 0 Å². The SMILES string of the molecule is CCOC(=O)CCN(C)CCNC(C)=O. The Balaban J connectivity index is 3.44. The maximum Gasteiger partial charge on any atom is 0.307 e. The Morgan fingerprint density at radius 1 is 1.33 bits per heavy atom. The summed E-state index contributed by atoms with van der Waals surface area (Å²) in [4.78, 5) is 23.6. The van der Waals surface area contributed by atoms with Crippen molar-refractivity contribution in [3.8, 4) is 0 Å². The highest BCUT2D eigenvalue weighted by molar-refractivity contribution is 5.72. The van der Waals surface area contributed by atoms with Gasteiger partial charge in [0, 0.05) is 26.6 Å². The molecule has 0 aromatic rings. The van der Waals surface area contributed by atoms with E-state index in [2.05, 4.69) is 5.32 Å². The number of carbonyl (C=O) groups excluding carboxylic acids is 2. The summed E-state index contributed by atoms with van der Waals surface area (Å²) in [5, 5.41) is 2.69. The van der Waals surface area contributed by atoms with Crippen molar-refractivity contribution in [3.05, 3.63) is 0 Å². The molecule has 0 heterocycles. The van der Waals surface area contributed by atoms with Crippen molar-refractivity contribution in [1.82, 2.24) is 10.2 Å². The Labute approximate surface area is 90.8 Å². The molecule has 0 aliphatic heterocycles. The van der Waals surface area contributed by atoms with Gasteiger partial charge in [0.1, 0.15) is 0 Å². The van der Waals surface area contributed by atoms with E-state index in [4.69, 9.17) is 4.74 Å². The molecule has 5 heteroatoms. The van der Waals surface area contributed by atoms with E-state index in [0.717, 1.165) is 6.54 Å².